The molecule has 0 bridgehead atoms. The molecule has 4 aromatic rings. The highest BCUT2D eigenvalue weighted by Crippen LogP contribution is 2.41. The number of rotatable bonds is 5. The van der Waals surface area contributed by atoms with Crippen LogP contribution < -0.4 is 4.74 Å². The summed E-state index contributed by atoms with van der Waals surface area (Å²) in [7, 11) is 0. The summed E-state index contributed by atoms with van der Waals surface area (Å²) in [6.07, 6.45) is 0. The van der Waals surface area contributed by atoms with Crippen molar-refractivity contribution in [3.63, 3.8) is 0 Å². The number of benzene rings is 3. The molecule has 0 amide bonds. The molecule has 1 atom stereocenters. The summed E-state index contributed by atoms with van der Waals surface area (Å²) in [6.45, 7) is 2.19. The van der Waals surface area contributed by atoms with Gasteiger partial charge in [-0.3, -0.25) is 0 Å². The Morgan fingerprint density at radius 2 is 1.75 bits per heavy atom. The first kappa shape index (κ1) is 21.1. The second-order valence-electron chi connectivity index (χ2n) is 7.33. The number of aromatic nitrogens is 3. The van der Waals surface area contributed by atoms with Crippen molar-refractivity contribution in [3.8, 4) is 5.75 Å². The Morgan fingerprint density at radius 1 is 0.969 bits per heavy atom. The molecule has 0 saturated heterocycles. The topological polar surface area (TPSA) is 52.3 Å². The van der Waals surface area contributed by atoms with Crippen molar-refractivity contribution in [2.24, 2.45) is 5.10 Å². The van der Waals surface area contributed by atoms with Gasteiger partial charge in [0.2, 0.25) is 5.16 Å². The summed E-state index contributed by atoms with van der Waals surface area (Å²) < 4.78 is 7.69. The third kappa shape index (κ3) is 4.26. The molecule has 0 unspecified atom stereocenters. The third-order valence-corrected chi connectivity index (χ3v) is 6.80. The number of thioether (sulfide) groups is 1. The van der Waals surface area contributed by atoms with Crippen LogP contribution in [0, 0.1) is 6.92 Å². The van der Waals surface area contributed by atoms with Gasteiger partial charge in [0, 0.05) is 5.02 Å². The number of ether oxygens (including phenoxy) is 1. The van der Waals surface area contributed by atoms with Gasteiger partial charge in [0.1, 0.15) is 12.4 Å². The van der Waals surface area contributed by atoms with Crippen LogP contribution in [-0.4, -0.2) is 20.6 Å². The van der Waals surface area contributed by atoms with E-state index in [-0.39, 0.29) is 11.9 Å². The van der Waals surface area contributed by atoms with E-state index in [0.717, 1.165) is 22.4 Å². The molecule has 0 aliphatic carbocycles. The van der Waals surface area contributed by atoms with E-state index in [1.165, 1.54) is 0 Å². The van der Waals surface area contributed by atoms with Crippen LogP contribution in [0.2, 0.25) is 10.0 Å². The molecule has 160 valence electrons. The van der Waals surface area contributed by atoms with Gasteiger partial charge in [0.15, 0.2) is 5.82 Å². The average molecular weight is 481 g/mol. The first-order valence-electron chi connectivity index (χ1n) is 9.98. The molecule has 32 heavy (non-hydrogen) atoms. The Kier molecular flexibility index (Phi) is 5.91. The minimum Gasteiger partial charge on any atom is -0.484 e. The molecule has 3 aromatic carbocycles. The van der Waals surface area contributed by atoms with Gasteiger partial charge in [-0.2, -0.15) is 9.78 Å². The molecule has 1 aromatic heterocycles. The van der Waals surface area contributed by atoms with Crippen molar-refractivity contribution in [2.75, 3.05) is 0 Å². The molecule has 8 heteroatoms. The van der Waals surface area contributed by atoms with E-state index < -0.39 is 0 Å². The van der Waals surface area contributed by atoms with Crippen LogP contribution in [0.4, 0.5) is 0 Å². The smallest absolute Gasteiger partial charge is 0.213 e. The summed E-state index contributed by atoms with van der Waals surface area (Å²) in [5, 5.41) is 15.6. The van der Waals surface area contributed by atoms with Crippen molar-refractivity contribution in [2.45, 2.75) is 23.9 Å². The monoisotopic (exact) mass is 480 g/mol. The lowest BCUT2D eigenvalue weighted by molar-refractivity contribution is 0.290. The van der Waals surface area contributed by atoms with Crippen LogP contribution in [-0.2, 0) is 6.61 Å². The highest BCUT2D eigenvalue weighted by Gasteiger charge is 2.30. The van der Waals surface area contributed by atoms with Crippen LogP contribution >= 0.6 is 35.0 Å². The average Bonchev–Trinajstić information content (AvgIpc) is 3.22. The van der Waals surface area contributed by atoms with E-state index >= 15 is 0 Å². The molecular weight excluding hydrogens is 463 g/mol. The molecule has 1 aliphatic rings. The maximum Gasteiger partial charge on any atom is 0.213 e. The third-order valence-electron chi connectivity index (χ3n) is 5.04. The predicted molar refractivity (Wildman–Crippen MR) is 129 cm³/mol. The van der Waals surface area contributed by atoms with E-state index in [4.69, 9.17) is 33.0 Å². The first-order chi connectivity index (χ1) is 15.6. The van der Waals surface area contributed by atoms with Gasteiger partial charge >= 0.3 is 0 Å². The predicted octanol–water partition coefficient (Wildman–Crippen LogP) is 6.57. The van der Waals surface area contributed by atoms with Crippen LogP contribution in [0.1, 0.15) is 27.8 Å². The number of nitrogens with zero attached hydrogens (tertiary/aromatic N) is 4. The molecule has 0 saturated carbocycles. The fourth-order valence-electron chi connectivity index (χ4n) is 3.43. The molecule has 5 nitrogen and oxygen atoms in total. The Hall–Kier alpha value is -2.80. The lowest BCUT2D eigenvalue weighted by Crippen LogP contribution is -2.19. The molecule has 2 heterocycles. The van der Waals surface area contributed by atoms with Crippen molar-refractivity contribution in [1.29, 1.82) is 0 Å². The first-order valence-corrected chi connectivity index (χ1v) is 11.6. The van der Waals surface area contributed by atoms with E-state index in [0.29, 0.717) is 26.8 Å². The zero-order chi connectivity index (χ0) is 22.1. The molecule has 5 rings (SSSR count). The fraction of sp³-hybridized carbons (Fsp3) is 0.125. The van der Waals surface area contributed by atoms with Crippen LogP contribution in [0.3, 0.4) is 0 Å². The van der Waals surface area contributed by atoms with E-state index in [1.807, 2.05) is 67.6 Å². The van der Waals surface area contributed by atoms with Crippen LogP contribution in [0.5, 0.6) is 5.75 Å². The van der Waals surface area contributed by atoms with Crippen molar-refractivity contribution >= 4 is 40.7 Å². The van der Waals surface area contributed by atoms with Gasteiger partial charge in [-0.05, 0) is 47.9 Å². The Bertz CT molecular complexity index is 1290. The van der Waals surface area contributed by atoms with E-state index in [9.17, 15) is 0 Å². The summed E-state index contributed by atoms with van der Waals surface area (Å²) in [4.78, 5) is 0. The largest absolute Gasteiger partial charge is 0.484 e. The second-order valence-corrected chi connectivity index (χ2v) is 9.25. The quantitative estimate of drug-likeness (QED) is 0.324. The van der Waals surface area contributed by atoms with E-state index in [1.54, 1.807) is 16.4 Å². The van der Waals surface area contributed by atoms with Gasteiger partial charge in [0.05, 0.1) is 16.0 Å². The van der Waals surface area contributed by atoms with Crippen LogP contribution in [0.15, 0.2) is 83.1 Å². The van der Waals surface area contributed by atoms with Crippen molar-refractivity contribution in [1.82, 2.24) is 14.9 Å². The molecule has 0 radical (unpaired) electrons. The highest BCUT2D eigenvalue weighted by atomic mass is 35.5. The zero-order valence-corrected chi connectivity index (χ0v) is 19.4. The maximum absolute atomic E-state index is 6.27. The van der Waals surface area contributed by atoms with Crippen molar-refractivity contribution < 1.29 is 4.74 Å². The number of aryl methyl sites for hydroxylation is 1. The number of halogens is 2. The second kappa shape index (κ2) is 8.98. The molecule has 0 fully saturated rings. The summed E-state index contributed by atoms with van der Waals surface area (Å²) in [5.41, 5.74) is 4.10. The summed E-state index contributed by atoms with van der Waals surface area (Å²) in [6, 6.07) is 23.6. The highest BCUT2D eigenvalue weighted by molar-refractivity contribution is 8.00. The van der Waals surface area contributed by atoms with Gasteiger partial charge in [-0.15, -0.1) is 10.2 Å². The van der Waals surface area contributed by atoms with Crippen LogP contribution in [0.25, 0.3) is 0 Å². The van der Waals surface area contributed by atoms with Gasteiger partial charge in [-0.1, -0.05) is 83.5 Å². The molecular formula is C24H18Cl2N4OS. The molecule has 0 N–H and O–H groups in total. The van der Waals surface area contributed by atoms with E-state index in [2.05, 4.69) is 22.3 Å². The van der Waals surface area contributed by atoms with Gasteiger partial charge in [-0.25, -0.2) is 0 Å². The minimum absolute atomic E-state index is 0.0194. The van der Waals surface area contributed by atoms with Gasteiger partial charge < -0.3 is 4.74 Å². The van der Waals surface area contributed by atoms with Gasteiger partial charge in [0.25, 0.3) is 0 Å². The number of fused-ring (bicyclic) bond motifs is 1. The lowest BCUT2D eigenvalue weighted by atomic mass is 10.0. The zero-order valence-electron chi connectivity index (χ0n) is 17.1. The SMILES string of the molecule is Cc1ccc(Cl)c(OCc2nnc3n2N=C(c2ccc(Cl)cc2)[C@@H](c2ccccc2)S3)c1. The minimum atomic E-state index is -0.0194. The Morgan fingerprint density at radius 3 is 2.53 bits per heavy atom. The molecule has 0 spiro atoms. The summed E-state index contributed by atoms with van der Waals surface area (Å²) in [5.74, 6) is 1.21. The van der Waals surface area contributed by atoms with Crippen molar-refractivity contribution in [3.05, 3.63) is 105 Å². The fourth-order valence-corrected chi connectivity index (χ4v) is 4.86. The summed E-state index contributed by atoms with van der Waals surface area (Å²) >= 11 is 14.0. The Labute approximate surface area is 200 Å². The maximum atomic E-state index is 6.27. The number of hydrogen-bond acceptors (Lipinski definition) is 5. The molecule has 1 aliphatic heterocycles. The Balaban J connectivity index is 1.51. The lowest BCUT2D eigenvalue weighted by Gasteiger charge is -2.23. The normalized spacial score (nSPS) is 15.2. The number of hydrogen-bond donors (Lipinski definition) is 0. The standard InChI is InChI=1S/C24H18Cl2N4OS/c1-15-7-12-19(26)20(13-15)31-14-21-27-28-24-30(21)29-22(16-8-10-18(25)11-9-16)23(32-24)17-5-3-2-4-6-17/h2-13,23H,14H2,1H3/t23-/m1/s1.